The molecule has 0 bridgehead atoms. The average molecular weight is 354 g/mol. The van der Waals surface area contributed by atoms with E-state index < -0.39 is 35.2 Å². The maximum absolute atomic E-state index is 12.3. The Hall–Kier alpha value is -0.910. The highest BCUT2D eigenvalue weighted by Gasteiger charge is 2.64. The molecule has 25 heavy (non-hydrogen) atoms. The molecule has 0 amide bonds. The third kappa shape index (κ3) is 3.51. The molecule has 2 fully saturated rings. The van der Waals surface area contributed by atoms with Crippen LogP contribution >= 0.6 is 0 Å². The molecule has 0 aromatic heterocycles. The maximum Gasteiger partial charge on any atom is 0.306 e. The van der Waals surface area contributed by atoms with Crippen LogP contribution in [0.4, 0.5) is 0 Å². The van der Waals surface area contributed by atoms with Gasteiger partial charge in [-0.05, 0) is 30.3 Å². The summed E-state index contributed by atoms with van der Waals surface area (Å²) < 4.78 is 5.79. The fraction of sp³-hybridized carbons (Fsp3) is 0.850. The second-order valence-corrected chi connectivity index (χ2v) is 9.01. The molecule has 0 spiro atoms. The largest absolute Gasteiger partial charge is 0.462 e. The van der Waals surface area contributed by atoms with E-state index in [4.69, 9.17) is 4.74 Å². The molecular weight excluding hydrogens is 320 g/mol. The second-order valence-electron chi connectivity index (χ2n) is 9.01. The Morgan fingerprint density at radius 2 is 1.88 bits per heavy atom. The van der Waals surface area contributed by atoms with Crippen molar-refractivity contribution in [3.05, 3.63) is 12.2 Å². The predicted octanol–water partition coefficient (Wildman–Crippen LogP) is 2.43. The molecule has 0 heterocycles. The van der Waals surface area contributed by atoms with Crippen LogP contribution in [0.25, 0.3) is 0 Å². The molecule has 0 radical (unpaired) electrons. The van der Waals surface area contributed by atoms with Crippen molar-refractivity contribution in [3.63, 3.8) is 0 Å². The molecule has 2 rings (SSSR count). The minimum atomic E-state index is -1.07. The zero-order valence-corrected chi connectivity index (χ0v) is 16.2. The SMILES string of the molecule is C=C1C[C@H](OC(=O)CC(C)C)[C@@H]2[C@](C)(CC[C@@]2(O)C(C)C)[C@H](O)[C@@H]1O. The monoisotopic (exact) mass is 354 g/mol. The highest BCUT2D eigenvalue weighted by atomic mass is 16.5. The van der Waals surface area contributed by atoms with Gasteiger partial charge in [-0.2, -0.15) is 0 Å². The van der Waals surface area contributed by atoms with Crippen LogP contribution in [0.3, 0.4) is 0 Å². The lowest BCUT2D eigenvalue weighted by atomic mass is 9.66. The Labute approximate surface area is 151 Å². The van der Waals surface area contributed by atoms with Crippen molar-refractivity contribution < 1.29 is 24.9 Å². The van der Waals surface area contributed by atoms with Gasteiger partial charge in [0.2, 0.25) is 0 Å². The average Bonchev–Trinajstić information content (AvgIpc) is 2.74. The lowest BCUT2D eigenvalue weighted by Gasteiger charge is -2.45. The van der Waals surface area contributed by atoms with Crippen LogP contribution in [0, 0.1) is 23.2 Å². The Morgan fingerprint density at radius 3 is 2.40 bits per heavy atom. The number of hydrogen-bond acceptors (Lipinski definition) is 5. The molecule has 0 saturated heterocycles. The van der Waals surface area contributed by atoms with Gasteiger partial charge in [-0.25, -0.2) is 0 Å². The quantitative estimate of drug-likeness (QED) is 0.533. The number of rotatable bonds is 4. The molecule has 2 saturated carbocycles. The lowest BCUT2D eigenvalue weighted by molar-refractivity contribution is -0.173. The summed E-state index contributed by atoms with van der Waals surface area (Å²) in [6, 6.07) is 0. The minimum absolute atomic E-state index is 0.0543. The molecule has 2 aliphatic carbocycles. The Kier molecular flexibility index (Phi) is 5.72. The van der Waals surface area contributed by atoms with E-state index in [1.807, 2.05) is 34.6 Å². The highest BCUT2D eigenvalue weighted by Crippen LogP contribution is 2.58. The molecule has 0 unspecified atom stereocenters. The summed E-state index contributed by atoms with van der Waals surface area (Å²) in [5.41, 5.74) is -1.33. The van der Waals surface area contributed by atoms with Gasteiger partial charge in [0, 0.05) is 24.2 Å². The molecule has 144 valence electrons. The highest BCUT2D eigenvalue weighted by molar-refractivity contribution is 5.69. The fourth-order valence-electron chi connectivity index (χ4n) is 4.82. The molecule has 5 heteroatoms. The van der Waals surface area contributed by atoms with E-state index in [9.17, 15) is 20.1 Å². The summed E-state index contributed by atoms with van der Waals surface area (Å²) in [6.45, 7) is 13.6. The van der Waals surface area contributed by atoms with E-state index in [1.54, 1.807) is 0 Å². The van der Waals surface area contributed by atoms with Crippen molar-refractivity contribution in [1.82, 2.24) is 0 Å². The Morgan fingerprint density at radius 1 is 1.28 bits per heavy atom. The van der Waals surface area contributed by atoms with Gasteiger partial charge in [-0.3, -0.25) is 4.79 Å². The molecular formula is C20H34O5. The first kappa shape index (κ1) is 20.4. The van der Waals surface area contributed by atoms with E-state index in [-0.39, 0.29) is 24.2 Å². The second kappa shape index (κ2) is 7.01. The molecule has 5 nitrogen and oxygen atoms in total. The summed E-state index contributed by atoms with van der Waals surface area (Å²) in [5, 5.41) is 32.7. The number of carbonyl (C=O) groups excluding carboxylic acids is 1. The molecule has 2 aliphatic rings. The fourth-order valence-corrected chi connectivity index (χ4v) is 4.82. The van der Waals surface area contributed by atoms with Crippen molar-refractivity contribution in [2.24, 2.45) is 23.2 Å². The van der Waals surface area contributed by atoms with E-state index in [2.05, 4.69) is 6.58 Å². The Balaban J connectivity index is 2.44. The van der Waals surface area contributed by atoms with Gasteiger partial charge in [0.05, 0.1) is 11.7 Å². The number of esters is 1. The predicted molar refractivity (Wildman–Crippen MR) is 95.7 cm³/mol. The number of aliphatic hydroxyl groups is 3. The van der Waals surface area contributed by atoms with Gasteiger partial charge in [-0.1, -0.05) is 41.2 Å². The van der Waals surface area contributed by atoms with Gasteiger partial charge >= 0.3 is 5.97 Å². The summed E-state index contributed by atoms with van der Waals surface area (Å²) in [4.78, 5) is 12.3. The van der Waals surface area contributed by atoms with Gasteiger partial charge in [-0.15, -0.1) is 0 Å². The molecule has 0 aromatic rings. The van der Waals surface area contributed by atoms with Crippen LogP contribution in [-0.2, 0) is 9.53 Å². The topological polar surface area (TPSA) is 87.0 Å². The summed E-state index contributed by atoms with van der Waals surface area (Å²) in [6.07, 6.45) is -1.06. The van der Waals surface area contributed by atoms with Crippen molar-refractivity contribution in [1.29, 1.82) is 0 Å². The van der Waals surface area contributed by atoms with E-state index >= 15 is 0 Å². The van der Waals surface area contributed by atoms with Crippen LogP contribution in [0.1, 0.15) is 60.3 Å². The number of hydrogen-bond donors (Lipinski definition) is 3. The Bertz CT molecular complexity index is 528. The zero-order chi connectivity index (χ0) is 19.2. The molecule has 0 aliphatic heterocycles. The third-order valence-electron chi connectivity index (χ3n) is 6.40. The number of fused-ring (bicyclic) bond motifs is 1. The first-order chi connectivity index (χ1) is 11.4. The summed E-state index contributed by atoms with van der Waals surface area (Å²) in [5.74, 6) is -0.628. The third-order valence-corrected chi connectivity index (χ3v) is 6.40. The normalized spacial score (nSPS) is 41.8. The lowest BCUT2D eigenvalue weighted by Crippen LogP contribution is -2.53. The van der Waals surface area contributed by atoms with Crippen LogP contribution < -0.4 is 0 Å². The van der Waals surface area contributed by atoms with Crippen molar-refractivity contribution >= 4 is 5.97 Å². The van der Waals surface area contributed by atoms with Crippen LogP contribution in [-0.4, -0.2) is 45.2 Å². The first-order valence-corrected chi connectivity index (χ1v) is 9.39. The van der Waals surface area contributed by atoms with E-state index in [0.717, 1.165) is 0 Å². The number of carbonyl (C=O) groups is 1. The summed E-state index contributed by atoms with van der Waals surface area (Å²) in [7, 11) is 0. The van der Waals surface area contributed by atoms with Gasteiger partial charge in [0.1, 0.15) is 12.2 Å². The van der Waals surface area contributed by atoms with Gasteiger partial charge < -0.3 is 20.1 Å². The first-order valence-electron chi connectivity index (χ1n) is 9.39. The van der Waals surface area contributed by atoms with E-state index in [0.29, 0.717) is 24.8 Å². The van der Waals surface area contributed by atoms with Crippen molar-refractivity contribution in [2.75, 3.05) is 0 Å². The molecule has 6 atom stereocenters. The zero-order valence-electron chi connectivity index (χ0n) is 16.2. The number of aliphatic hydroxyl groups excluding tert-OH is 2. The van der Waals surface area contributed by atoms with Crippen LogP contribution in [0.2, 0.25) is 0 Å². The molecule has 0 aromatic carbocycles. The van der Waals surface area contributed by atoms with Gasteiger partial charge in [0.25, 0.3) is 0 Å². The van der Waals surface area contributed by atoms with Crippen LogP contribution in [0.15, 0.2) is 12.2 Å². The van der Waals surface area contributed by atoms with E-state index in [1.165, 1.54) is 0 Å². The number of ether oxygens (including phenoxy) is 1. The minimum Gasteiger partial charge on any atom is -0.462 e. The molecule has 3 N–H and O–H groups in total. The van der Waals surface area contributed by atoms with Crippen LogP contribution in [0.5, 0.6) is 0 Å². The van der Waals surface area contributed by atoms with Crippen molar-refractivity contribution in [3.8, 4) is 0 Å². The van der Waals surface area contributed by atoms with Gasteiger partial charge in [0.15, 0.2) is 0 Å². The summed E-state index contributed by atoms with van der Waals surface area (Å²) >= 11 is 0. The smallest absolute Gasteiger partial charge is 0.306 e. The maximum atomic E-state index is 12.3. The van der Waals surface area contributed by atoms with Crippen molar-refractivity contribution in [2.45, 2.75) is 84.2 Å². The standard InChI is InChI=1S/C20H34O5/c1-11(2)9-15(21)25-14-10-13(5)16(22)18(23)19(6)7-8-20(24,12(3)4)17(14)19/h11-12,14,16-18,22-24H,5,7-10H2,1-4,6H3/t14-,16+,17+,18+,19-,20+/m0/s1.